The molecular formula is C18H23BrClN3O2. The molecule has 25 heavy (non-hydrogen) atoms. The van der Waals surface area contributed by atoms with Gasteiger partial charge in [0.2, 0.25) is 5.56 Å². The summed E-state index contributed by atoms with van der Waals surface area (Å²) >= 11 is 3.42. The number of benzene rings is 1. The number of carbonyl (C=O) groups is 1. The second-order valence-corrected chi connectivity index (χ2v) is 7.28. The molecule has 0 spiro atoms. The summed E-state index contributed by atoms with van der Waals surface area (Å²) in [7, 11) is 0. The molecule has 1 saturated carbocycles. The zero-order valence-corrected chi connectivity index (χ0v) is 16.3. The largest absolute Gasteiger partial charge is 0.348 e. The van der Waals surface area contributed by atoms with Crippen LogP contribution in [0.3, 0.4) is 0 Å². The van der Waals surface area contributed by atoms with Gasteiger partial charge in [0.15, 0.2) is 0 Å². The van der Waals surface area contributed by atoms with E-state index >= 15 is 0 Å². The molecule has 1 aliphatic carbocycles. The van der Waals surface area contributed by atoms with Crippen molar-refractivity contribution in [2.24, 2.45) is 11.7 Å². The fraction of sp³-hybridized carbons (Fsp3) is 0.444. The molecule has 1 fully saturated rings. The third-order valence-corrected chi connectivity index (χ3v) is 5.52. The average Bonchev–Trinajstić information content (AvgIpc) is 2.60. The van der Waals surface area contributed by atoms with Gasteiger partial charge in [-0.25, -0.2) is 0 Å². The van der Waals surface area contributed by atoms with Gasteiger partial charge in [-0.1, -0.05) is 31.4 Å². The lowest BCUT2D eigenvalue weighted by molar-refractivity contribution is 0.0917. The van der Waals surface area contributed by atoms with Gasteiger partial charge in [-0.15, -0.1) is 12.4 Å². The van der Waals surface area contributed by atoms with Crippen LogP contribution in [0.2, 0.25) is 0 Å². The molecule has 4 N–H and O–H groups in total. The maximum absolute atomic E-state index is 12.8. The maximum Gasteiger partial charge on any atom is 0.252 e. The van der Waals surface area contributed by atoms with Crippen LogP contribution in [0.5, 0.6) is 0 Å². The van der Waals surface area contributed by atoms with Crippen molar-refractivity contribution in [3.8, 4) is 0 Å². The molecule has 1 unspecified atom stereocenters. The second-order valence-electron chi connectivity index (χ2n) is 6.42. The summed E-state index contributed by atoms with van der Waals surface area (Å²) in [6, 6.07) is 6.84. The number of hydrogen-bond acceptors (Lipinski definition) is 3. The number of nitrogens with one attached hydrogen (secondary N) is 2. The molecular weight excluding hydrogens is 406 g/mol. The van der Waals surface area contributed by atoms with E-state index in [1.165, 1.54) is 25.3 Å². The topological polar surface area (TPSA) is 88.0 Å². The van der Waals surface area contributed by atoms with Gasteiger partial charge < -0.3 is 16.0 Å². The summed E-state index contributed by atoms with van der Waals surface area (Å²) in [5.41, 5.74) is 6.65. The molecule has 1 aromatic heterocycles. The number of rotatable bonds is 4. The van der Waals surface area contributed by atoms with Gasteiger partial charge in [0.1, 0.15) is 0 Å². The van der Waals surface area contributed by atoms with E-state index in [0.717, 1.165) is 22.7 Å². The number of halogens is 2. The molecule has 5 nitrogen and oxygen atoms in total. The number of aromatic amines is 1. The molecule has 2 aromatic rings. The summed E-state index contributed by atoms with van der Waals surface area (Å²) in [5, 5.41) is 3.78. The van der Waals surface area contributed by atoms with Crippen LogP contribution in [0.4, 0.5) is 0 Å². The van der Waals surface area contributed by atoms with E-state index < -0.39 is 0 Å². The molecule has 1 aliphatic rings. The maximum atomic E-state index is 12.8. The van der Waals surface area contributed by atoms with Crippen molar-refractivity contribution < 1.29 is 4.79 Å². The number of pyridine rings is 1. The van der Waals surface area contributed by atoms with Crippen molar-refractivity contribution in [3.63, 3.8) is 0 Å². The van der Waals surface area contributed by atoms with Crippen molar-refractivity contribution in [1.82, 2.24) is 10.3 Å². The van der Waals surface area contributed by atoms with Crippen LogP contribution in [0.1, 0.15) is 42.5 Å². The number of H-pyrrole nitrogens is 1. The monoisotopic (exact) mass is 427 g/mol. The van der Waals surface area contributed by atoms with Crippen molar-refractivity contribution in [3.05, 3.63) is 44.7 Å². The molecule has 0 radical (unpaired) electrons. The standard InChI is InChI=1S/C18H22BrN3O2.ClH/c19-14-8-4-7-12-13(9-16(23)22-17(12)14)18(24)21-15(10-20)11-5-2-1-3-6-11;/h4,7-9,11,15H,1-3,5-6,10,20H2,(H,21,24)(H,22,23);1H. The van der Waals surface area contributed by atoms with Crippen molar-refractivity contribution in [2.45, 2.75) is 38.1 Å². The van der Waals surface area contributed by atoms with Crippen LogP contribution in [0.25, 0.3) is 10.9 Å². The van der Waals surface area contributed by atoms with Crippen LogP contribution in [0.15, 0.2) is 33.5 Å². The SMILES string of the molecule is Cl.NCC(NC(=O)c1cc(=O)[nH]c2c(Br)cccc12)C1CCCCC1. The molecule has 3 rings (SSSR count). The zero-order valence-electron chi connectivity index (χ0n) is 13.9. The average molecular weight is 429 g/mol. The Morgan fingerprint density at radius 3 is 2.72 bits per heavy atom. The minimum atomic E-state index is -0.290. The van der Waals surface area contributed by atoms with E-state index in [9.17, 15) is 9.59 Å². The Morgan fingerprint density at radius 2 is 2.04 bits per heavy atom. The van der Waals surface area contributed by atoms with Crippen molar-refractivity contribution in [1.29, 1.82) is 0 Å². The predicted molar refractivity (Wildman–Crippen MR) is 106 cm³/mol. The smallest absolute Gasteiger partial charge is 0.252 e. The lowest BCUT2D eigenvalue weighted by Gasteiger charge is -2.30. The second kappa shape index (κ2) is 8.83. The fourth-order valence-electron chi connectivity index (χ4n) is 3.58. The predicted octanol–water partition coefficient (Wildman–Crippen LogP) is 3.35. The fourth-order valence-corrected chi connectivity index (χ4v) is 4.05. The van der Waals surface area contributed by atoms with E-state index in [-0.39, 0.29) is 29.9 Å². The van der Waals surface area contributed by atoms with E-state index in [1.807, 2.05) is 18.2 Å². The summed E-state index contributed by atoms with van der Waals surface area (Å²) in [6.07, 6.45) is 5.85. The first-order valence-corrected chi connectivity index (χ1v) is 9.22. The summed E-state index contributed by atoms with van der Waals surface area (Å²) in [4.78, 5) is 27.5. The van der Waals surface area contributed by atoms with Gasteiger partial charge in [0.05, 0.1) is 11.1 Å². The summed E-state index contributed by atoms with van der Waals surface area (Å²) < 4.78 is 0.759. The lowest BCUT2D eigenvalue weighted by atomic mass is 9.84. The molecule has 1 heterocycles. The summed E-state index contributed by atoms with van der Waals surface area (Å²) in [5.74, 6) is 0.193. The van der Waals surface area contributed by atoms with Gasteiger partial charge >= 0.3 is 0 Å². The number of amides is 1. The highest BCUT2D eigenvalue weighted by atomic mass is 79.9. The molecule has 0 saturated heterocycles. The molecule has 0 bridgehead atoms. The van der Waals surface area contributed by atoms with Crippen LogP contribution in [-0.4, -0.2) is 23.5 Å². The van der Waals surface area contributed by atoms with E-state index in [2.05, 4.69) is 26.2 Å². The van der Waals surface area contributed by atoms with Gasteiger partial charge in [0, 0.05) is 28.5 Å². The van der Waals surface area contributed by atoms with Crippen molar-refractivity contribution in [2.75, 3.05) is 6.54 Å². The number of fused-ring (bicyclic) bond motifs is 1. The Hall–Kier alpha value is -1.37. The van der Waals surface area contributed by atoms with Gasteiger partial charge in [-0.05, 0) is 40.8 Å². The number of carbonyl (C=O) groups excluding carboxylic acids is 1. The highest BCUT2D eigenvalue weighted by Crippen LogP contribution is 2.27. The van der Waals surface area contributed by atoms with Crippen LogP contribution < -0.4 is 16.6 Å². The molecule has 1 aromatic carbocycles. The Labute approximate surface area is 161 Å². The summed E-state index contributed by atoms with van der Waals surface area (Å²) in [6.45, 7) is 0.418. The van der Waals surface area contributed by atoms with Gasteiger partial charge in [0.25, 0.3) is 5.91 Å². The normalized spacial score (nSPS) is 16.2. The minimum absolute atomic E-state index is 0. The van der Waals surface area contributed by atoms with Crippen LogP contribution >= 0.6 is 28.3 Å². The number of aromatic nitrogens is 1. The first kappa shape index (κ1) is 19.9. The number of nitrogens with two attached hydrogens (primary N) is 1. The van der Waals surface area contributed by atoms with Crippen LogP contribution in [0, 0.1) is 5.92 Å². The first-order valence-electron chi connectivity index (χ1n) is 8.42. The van der Waals surface area contributed by atoms with E-state index in [0.29, 0.717) is 23.5 Å². The highest BCUT2D eigenvalue weighted by molar-refractivity contribution is 9.10. The minimum Gasteiger partial charge on any atom is -0.348 e. The van der Waals surface area contributed by atoms with E-state index in [4.69, 9.17) is 5.73 Å². The molecule has 136 valence electrons. The highest BCUT2D eigenvalue weighted by Gasteiger charge is 2.25. The Kier molecular flexibility index (Phi) is 7.04. The van der Waals surface area contributed by atoms with Gasteiger partial charge in [-0.2, -0.15) is 0 Å². The Balaban J connectivity index is 0.00000225. The third kappa shape index (κ3) is 4.43. The van der Waals surface area contributed by atoms with Crippen LogP contribution in [-0.2, 0) is 0 Å². The number of hydrogen-bond donors (Lipinski definition) is 3. The zero-order chi connectivity index (χ0) is 17.1. The Bertz CT molecular complexity index is 802. The van der Waals surface area contributed by atoms with E-state index in [1.54, 1.807) is 0 Å². The first-order chi connectivity index (χ1) is 11.6. The molecule has 7 heteroatoms. The van der Waals surface area contributed by atoms with Gasteiger partial charge in [-0.3, -0.25) is 9.59 Å². The van der Waals surface area contributed by atoms with Crippen molar-refractivity contribution >= 4 is 45.1 Å². The molecule has 1 amide bonds. The quantitative estimate of drug-likeness (QED) is 0.698. The Morgan fingerprint density at radius 1 is 1.32 bits per heavy atom. The number of para-hydroxylation sites is 1. The molecule has 1 atom stereocenters. The molecule has 0 aliphatic heterocycles. The lowest BCUT2D eigenvalue weighted by Crippen LogP contribution is -2.46. The third-order valence-electron chi connectivity index (χ3n) is 4.86.